The number of thiocarbonyl (C=S) groups is 1. The number of anilines is 1. The molecule has 0 radical (unpaired) electrons. The van der Waals surface area contributed by atoms with Crippen LogP contribution in [0, 0.1) is 0 Å². The fourth-order valence-electron chi connectivity index (χ4n) is 2.54. The molecule has 1 heterocycles. The van der Waals surface area contributed by atoms with E-state index in [1.165, 1.54) is 16.7 Å². The van der Waals surface area contributed by atoms with Gasteiger partial charge >= 0.3 is 0 Å². The molecule has 2 amide bonds. The van der Waals surface area contributed by atoms with Crippen molar-refractivity contribution in [3.63, 3.8) is 0 Å². The van der Waals surface area contributed by atoms with E-state index >= 15 is 0 Å². The van der Waals surface area contributed by atoms with E-state index in [0.29, 0.717) is 25.7 Å². The average molecular weight is 433 g/mol. The Balaban J connectivity index is 1.59. The fourth-order valence-corrected chi connectivity index (χ4v) is 4.03. The third-order valence-corrected chi connectivity index (χ3v) is 5.72. The molecular weight excluding hydrogens is 416 g/mol. The summed E-state index contributed by atoms with van der Waals surface area (Å²) < 4.78 is 5.52. The number of carbonyl (C=O) groups excluding carboxylic acids is 2. The number of ether oxygens (including phenoxy) is 1. The number of hydrogen-bond acceptors (Lipinski definition) is 5. The average Bonchev–Trinajstić information content (AvgIpc) is 2.95. The normalized spacial score (nSPS) is 15.2. The minimum absolute atomic E-state index is 0.137. The third kappa shape index (κ3) is 4.92. The lowest BCUT2D eigenvalue weighted by Gasteiger charge is -2.14. The third-order valence-electron chi connectivity index (χ3n) is 4.00. The molecule has 1 saturated heterocycles. The maximum absolute atomic E-state index is 12.6. The van der Waals surface area contributed by atoms with Gasteiger partial charge in [0.15, 0.2) is 0 Å². The van der Waals surface area contributed by atoms with Crippen molar-refractivity contribution >= 4 is 63.5 Å². The Bertz CT molecular complexity index is 945. The second-order valence-corrected chi connectivity index (χ2v) is 7.96. The summed E-state index contributed by atoms with van der Waals surface area (Å²) in [5.74, 6) is 0.294. The zero-order chi connectivity index (χ0) is 20.1. The Hall–Kier alpha value is -2.35. The first kappa shape index (κ1) is 20.4. The lowest BCUT2D eigenvalue weighted by molar-refractivity contribution is -0.122. The number of nitrogens with one attached hydrogen (secondary N) is 1. The molecule has 0 aliphatic carbocycles. The molecule has 1 N–H and O–H groups in total. The van der Waals surface area contributed by atoms with Crippen LogP contribution >= 0.6 is 35.6 Å². The molecule has 1 aliphatic heterocycles. The second-order valence-electron chi connectivity index (χ2n) is 5.88. The number of hydrogen-bond donors (Lipinski definition) is 1. The summed E-state index contributed by atoms with van der Waals surface area (Å²) in [7, 11) is 1.58. The summed E-state index contributed by atoms with van der Waals surface area (Å²) in [6.07, 6.45) is 1.86. The molecule has 0 aromatic heterocycles. The highest BCUT2D eigenvalue weighted by Gasteiger charge is 2.32. The maximum Gasteiger partial charge on any atom is 0.266 e. The summed E-state index contributed by atoms with van der Waals surface area (Å²) in [6.45, 7) is 0.215. The number of thioether (sulfide) groups is 1. The highest BCUT2D eigenvalue weighted by molar-refractivity contribution is 8.26. The molecule has 0 bridgehead atoms. The number of nitrogens with zero attached hydrogens (tertiary/aromatic N) is 1. The molecule has 0 saturated carbocycles. The number of halogens is 1. The molecule has 144 valence electrons. The van der Waals surface area contributed by atoms with Gasteiger partial charge in [-0.25, -0.2) is 0 Å². The van der Waals surface area contributed by atoms with Gasteiger partial charge in [-0.05, 0) is 42.0 Å². The van der Waals surface area contributed by atoms with Crippen LogP contribution in [-0.2, 0) is 9.59 Å². The monoisotopic (exact) mass is 432 g/mol. The van der Waals surface area contributed by atoms with Crippen molar-refractivity contribution in [2.24, 2.45) is 0 Å². The summed E-state index contributed by atoms with van der Waals surface area (Å²) in [5, 5.41) is 3.35. The Labute approximate surface area is 177 Å². The summed E-state index contributed by atoms with van der Waals surface area (Å²) in [4.78, 5) is 26.8. The van der Waals surface area contributed by atoms with Crippen molar-refractivity contribution in [3.8, 4) is 5.75 Å². The van der Waals surface area contributed by atoms with Crippen LogP contribution in [-0.4, -0.2) is 34.7 Å². The zero-order valence-corrected chi connectivity index (χ0v) is 17.4. The van der Waals surface area contributed by atoms with E-state index in [9.17, 15) is 9.59 Å². The molecule has 1 aliphatic rings. The summed E-state index contributed by atoms with van der Waals surface area (Å²) in [5.41, 5.74) is 1.41. The smallest absolute Gasteiger partial charge is 0.266 e. The first-order chi connectivity index (χ1) is 13.5. The number of rotatable bonds is 6. The molecule has 5 nitrogen and oxygen atoms in total. The lowest BCUT2D eigenvalue weighted by Crippen LogP contribution is -2.31. The zero-order valence-electron chi connectivity index (χ0n) is 15.0. The Morgan fingerprint density at radius 1 is 1.25 bits per heavy atom. The summed E-state index contributed by atoms with van der Waals surface area (Å²) >= 11 is 12.7. The summed E-state index contributed by atoms with van der Waals surface area (Å²) in [6, 6.07) is 14.3. The van der Waals surface area contributed by atoms with Gasteiger partial charge in [0.25, 0.3) is 5.91 Å². The van der Waals surface area contributed by atoms with Crippen LogP contribution in [0.5, 0.6) is 5.75 Å². The number of benzene rings is 2. The van der Waals surface area contributed by atoms with Crippen LogP contribution in [0.4, 0.5) is 5.69 Å². The van der Waals surface area contributed by atoms with Crippen LogP contribution in [0.25, 0.3) is 6.08 Å². The van der Waals surface area contributed by atoms with Crippen molar-refractivity contribution < 1.29 is 14.3 Å². The van der Waals surface area contributed by atoms with Gasteiger partial charge < -0.3 is 10.1 Å². The van der Waals surface area contributed by atoms with E-state index in [0.717, 1.165) is 5.56 Å². The van der Waals surface area contributed by atoms with Gasteiger partial charge in [0.2, 0.25) is 5.91 Å². The largest absolute Gasteiger partial charge is 0.497 e. The molecular formula is C20H17ClN2O3S2. The topological polar surface area (TPSA) is 58.6 Å². The van der Waals surface area contributed by atoms with E-state index in [-0.39, 0.29) is 24.8 Å². The molecule has 1 fully saturated rings. The molecule has 2 aromatic rings. The Morgan fingerprint density at radius 3 is 2.64 bits per heavy atom. The lowest BCUT2D eigenvalue weighted by atomic mass is 10.2. The first-order valence-corrected chi connectivity index (χ1v) is 10.0. The van der Waals surface area contributed by atoms with Gasteiger partial charge in [0.1, 0.15) is 10.1 Å². The highest BCUT2D eigenvalue weighted by atomic mass is 35.5. The van der Waals surface area contributed by atoms with Gasteiger partial charge in [-0.3, -0.25) is 14.5 Å². The highest BCUT2D eigenvalue weighted by Crippen LogP contribution is 2.33. The van der Waals surface area contributed by atoms with E-state index in [2.05, 4.69) is 5.32 Å². The minimum Gasteiger partial charge on any atom is -0.497 e. The van der Waals surface area contributed by atoms with Crippen LogP contribution in [0.1, 0.15) is 12.0 Å². The number of amides is 2. The predicted octanol–water partition coefficient (Wildman–Crippen LogP) is 4.58. The molecule has 8 heteroatoms. The van der Waals surface area contributed by atoms with Crippen molar-refractivity contribution in [2.45, 2.75) is 6.42 Å². The van der Waals surface area contributed by atoms with Crippen LogP contribution < -0.4 is 10.1 Å². The van der Waals surface area contributed by atoms with Crippen molar-refractivity contribution in [1.82, 2.24) is 4.90 Å². The van der Waals surface area contributed by atoms with Crippen molar-refractivity contribution in [3.05, 3.63) is 64.0 Å². The maximum atomic E-state index is 12.6. The van der Waals surface area contributed by atoms with Gasteiger partial charge in [-0.2, -0.15) is 0 Å². The molecule has 2 aromatic carbocycles. The molecule has 0 atom stereocenters. The predicted molar refractivity (Wildman–Crippen MR) is 118 cm³/mol. The Kier molecular flexibility index (Phi) is 6.72. The van der Waals surface area contributed by atoms with Crippen LogP contribution in [0.15, 0.2) is 53.4 Å². The van der Waals surface area contributed by atoms with Gasteiger partial charge in [0, 0.05) is 23.7 Å². The van der Waals surface area contributed by atoms with Crippen LogP contribution in [0.3, 0.4) is 0 Å². The fraction of sp³-hybridized carbons (Fsp3) is 0.150. The standard InChI is InChI=1S/C20H17ClN2O3S2/c1-26-15-8-6-14(7-9-15)22-18(24)10-11-23-19(25)17(28-20(23)27)12-13-4-2-3-5-16(13)21/h2-9,12H,10-11H2,1H3,(H,22,24). The first-order valence-electron chi connectivity index (χ1n) is 8.42. The molecule has 28 heavy (non-hydrogen) atoms. The number of carbonyl (C=O) groups is 2. The van der Waals surface area contributed by atoms with E-state index in [4.69, 9.17) is 28.6 Å². The quantitative estimate of drug-likeness (QED) is 0.535. The van der Waals surface area contributed by atoms with E-state index in [1.807, 2.05) is 18.2 Å². The Morgan fingerprint density at radius 2 is 1.96 bits per heavy atom. The molecule has 3 rings (SSSR count). The molecule has 0 spiro atoms. The minimum atomic E-state index is -0.216. The van der Waals surface area contributed by atoms with Gasteiger partial charge in [-0.15, -0.1) is 0 Å². The van der Waals surface area contributed by atoms with Crippen molar-refractivity contribution in [1.29, 1.82) is 0 Å². The van der Waals surface area contributed by atoms with E-state index in [1.54, 1.807) is 43.5 Å². The van der Waals surface area contributed by atoms with Gasteiger partial charge in [-0.1, -0.05) is 53.8 Å². The second kappa shape index (κ2) is 9.23. The van der Waals surface area contributed by atoms with Crippen molar-refractivity contribution in [2.75, 3.05) is 19.0 Å². The van der Waals surface area contributed by atoms with Crippen LogP contribution in [0.2, 0.25) is 5.02 Å². The van der Waals surface area contributed by atoms with E-state index < -0.39 is 0 Å². The SMILES string of the molecule is COc1ccc(NC(=O)CCN2C(=O)C(=Cc3ccccc3Cl)SC2=S)cc1. The van der Waals surface area contributed by atoms with Gasteiger partial charge in [0.05, 0.1) is 12.0 Å². The number of methoxy groups -OCH3 is 1. The molecule has 0 unspecified atom stereocenters.